The van der Waals surface area contributed by atoms with Gasteiger partial charge in [0.1, 0.15) is 11.9 Å². The second-order valence-corrected chi connectivity index (χ2v) is 5.25. The molecule has 22 heavy (non-hydrogen) atoms. The fourth-order valence-corrected chi connectivity index (χ4v) is 2.51. The van der Waals surface area contributed by atoms with E-state index in [2.05, 4.69) is 0 Å². The first-order chi connectivity index (χ1) is 10.5. The van der Waals surface area contributed by atoms with E-state index in [1.165, 1.54) is 0 Å². The van der Waals surface area contributed by atoms with E-state index < -0.39 is 17.6 Å². The van der Waals surface area contributed by atoms with Gasteiger partial charge in [-0.15, -0.1) is 0 Å². The Morgan fingerprint density at radius 1 is 1.14 bits per heavy atom. The minimum atomic E-state index is -0.718. The fourth-order valence-electron chi connectivity index (χ4n) is 2.38. The van der Waals surface area contributed by atoms with Crippen molar-refractivity contribution in [2.24, 2.45) is 0 Å². The average molecular weight is 315 g/mol. The minimum absolute atomic E-state index is 0.0377. The number of nitriles is 1. The quantitative estimate of drug-likeness (QED) is 0.800. The van der Waals surface area contributed by atoms with Gasteiger partial charge in [0, 0.05) is 5.02 Å². The van der Waals surface area contributed by atoms with Gasteiger partial charge in [0.2, 0.25) is 0 Å². The van der Waals surface area contributed by atoms with Gasteiger partial charge in [-0.25, -0.2) is 4.39 Å². The molecule has 2 amide bonds. The molecule has 0 saturated heterocycles. The van der Waals surface area contributed by atoms with Crippen LogP contribution in [0.2, 0.25) is 5.02 Å². The van der Waals surface area contributed by atoms with Crippen LogP contribution >= 0.6 is 11.6 Å². The van der Waals surface area contributed by atoms with E-state index in [9.17, 15) is 14.0 Å². The Hall–Kier alpha value is -2.71. The third-order valence-corrected chi connectivity index (χ3v) is 3.66. The molecule has 0 aliphatic carbocycles. The highest BCUT2D eigenvalue weighted by Gasteiger charge is 2.38. The van der Waals surface area contributed by atoms with Gasteiger partial charge in [0.05, 0.1) is 23.2 Å². The molecule has 0 unspecified atom stereocenters. The number of imide groups is 1. The van der Waals surface area contributed by atoms with Crippen LogP contribution in [-0.4, -0.2) is 16.7 Å². The largest absolute Gasteiger partial charge is 0.270 e. The first-order valence-corrected chi connectivity index (χ1v) is 6.73. The number of nitrogens with zero attached hydrogens (tertiary/aromatic N) is 2. The van der Waals surface area contributed by atoms with Crippen LogP contribution in [0.5, 0.6) is 0 Å². The van der Waals surface area contributed by atoms with Crippen molar-refractivity contribution < 1.29 is 14.0 Å². The summed E-state index contributed by atoms with van der Waals surface area (Å²) in [6, 6.07) is 10.4. The minimum Gasteiger partial charge on any atom is -0.270 e. The van der Waals surface area contributed by atoms with Crippen LogP contribution in [0, 0.1) is 17.1 Å². The maximum atomic E-state index is 13.5. The number of rotatable bonds is 2. The SMILES string of the molecule is N#Cc1cc(F)cc2c1C(=O)N(Cc1ccc(Cl)cc1)C2=O. The number of amides is 2. The third-order valence-electron chi connectivity index (χ3n) is 3.41. The molecule has 108 valence electrons. The maximum absolute atomic E-state index is 13.5. The number of halogens is 2. The summed E-state index contributed by atoms with van der Waals surface area (Å²) in [5, 5.41) is 9.57. The molecule has 1 heterocycles. The predicted octanol–water partition coefficient (Wildman–Crippen LogP) is 3.15. The van der Waals surface area contributed by atoms with Crippen LogP contribution in [0.15, 0.2) is 36.4 Å². The molecule has 0 spiro atoms. The maximum Gasteiger partial charge on any atom is 0.263 e. The summed E-state index contributed by atoms with van der Waals surface area (Å²) < 4.78 is 13.5. The van der Waals surface area contributed by atoms with Gasteiger partial charge in [-0.3, -0.25) is 14.5 Å². The van der Waals surface area contributed by atoms with Crippen molar-refractivity contribution >= 4 is 23.4 Å². The summed E-state index contributed by atoms with van der Waals surface area (Å²) in [5.41, 5.74) is 0.461. The summed E-state index contributed by atoms with van der Waals surface area (Å²) >= 11 is 5.79. The van der Waals surface area contributed by atoms with E-state index in [1.54, 1.807) is 30.3 Å². The van der Waals surface area contributed by atoms with Gasteiger partial charge in [-0.05, 0) is 29.8 Å². The molecule has 0 atom stereocenters. The Labute approximate surface area is 130 Å². The molecule has 0 saturated carbocycles. The van der Waals surface area contributed by atoms with Gasteiger partial charge in [-0.2, -0.15) is 5.26 Å². The van der Waals surface area contributed by atoms with E-state index in [0.29, 0.717) is 10.6 Å². The number of carbonyl (C=O) groups excluding carboxylic acids is 2. The van der Waals surface area contributed by atoms with E-state index in [1.807, 2.05) is 0 Å². The second kappa shape index (κ2) is 5.24. The van der Waals surface area contributed by atoms with Crippen LogP contribution in [-0.2, 0) is 6.54 Å². The van der Waals surface area contributed by atoms with Crippen LogP contribution in [0.25, 0.3) is 0 Å². The molecular formula is C16H8ClFN2O2. The van der Waals surface area contributed by atoms with Crippen LogP contribution < -0.4 is 0 Å². The molecule has 6 heteroatoms. The van der Waals surface area contributed by atoms with E-state index >= 15 is 0 Å². The summed E-state index contributed by atoms with van der Waals surface area (Å²) in [7, 11) is 0. The van der Waals surface area contributed by atoms with Crippen molar-refractivity contribution in [2.75, 3.05) is 0 Å². The summed E-state index contributed by atoms with van der Waals surface area (Å²) in [5.74, 6) is -1.91. The summed E-state index contributed by atoms with van der Waals surface area (Å²) in [6.07, 6.45) is 0. The van der Waals surface area contributed by atoms with E-state index in [-0.39, 0.29) is 23.2 Å². The molecule has 1 aliphatic rings. The molecule has 0 N–H and O–H groups in total. The molecule has 0 aromatic heterocycles. The molecule has 2 aromatic carbocycles. The van der Waals surface area contributed by atoms with Crippen LogP contribution in [0.4, 0.5) is 4.39 Å². The Morgan fingerprint density at radius 3 is 2.45 bits per heavy atom. The highest BCUT2D eigenvalue weighted by Crippen LogP contribution is 2.28. The van der Waals surface area contributed by atoms with Gasteiger partial charge in [-0.1, -0.05) is 23.7 Å². The lowest BCUT2D eigenvalue weighted by Gasteiger charge is -2.13. The van der Waals surface area contributed by atoms with Crippen molar-refractivity contribution in [2.45, 2.75) is 6.54 Å². The zero-order valence-electron chi connectivity index (χ0n) is 11.1. The van der Waals surface area contributed by atoms with Crippen molar-refractivity contribution in [3.63, 3.8) is 0 Å². The molecular weight excluding hydrogens is 307 g/mol. The number of hydrogen-bond acceptors (Lipinski definition) is 3. The average Bonchev–Trinajstić information content (AvgIpc) is 2.73. The topological polar surface area (TPSA) is 61.2 Å². The molecule has 3 rings (SSSR count). The number of fused-ring (bicyclic) bond motifs is 1. The van der Waals surface area contributed by atoms with Crippen molar-refractivity contribution in [1.29, 1.82) is 5.26 Å². The number of hydrogen-bond donors (Lipinski definition) is 0. The summed E-state index contributed by atoms with van der Waals surface area (Å²) in [4.78, 5) is 25.7. The van der Waals surface area contributed by atoms with E-state index in [4.69, 9.17) is 16.9 Å². The normalized spacial score (nSPS) is 13.2. The smallest absolute Gasteiger partial charge is 0.263 e. The highest BCUT2D eigenvalue weighted by atomic mass is 35.5. The second-order valence-electron chi connectivity index (χ2n) is 4.81. The highest BCUT2D eigenvalue weighted by molar-refractivity contribution is 6.30. The monoisotopic (exact) mass is 314 g/mol. The lowest BCUT2D eigenvalue weighted by Crippen LogP contribution is -2.29. The predicted molar refractivity (Wildman–Crippen MR) is 76.8 cm³/mol. The number of benzene rings is 2. The van der Waals surface area contributed by atoms with Gasteiger partial charge < -0.3 is 0 Å². The first kappa shape index (κ1) is 14.2. The lowest BCUT2D eigenvalue weighted by molar-refractivity contribution is 0.0642. The van der Waals surface area contributed by atoms with Crippen LogP contribution in [0.3, 0.4) is 0 Å². The number of carbonyl (C=O) groups is 2. The molecule has 0 bridgehead atoms. The van der Waals surface area contributed by atoms with Gasteiger partial charge in [0.25, 0.3) is 11.8 Å². The van der Waals surface area contributed by atoms with Gasteiger partial charge in [0.15, 0.2) is 0 Å². The lowest BCUT2D eigenvalue weighted by atomic mass is 10.0. The van der Waals surface area contributed by atoms with Gasteiger partial charge >= 0.3 is 0 Å². The molecule has 2 aromatic rings. The zero-order chi connectivity index (χ0) is 15.9. The van der Waals surface area contributed by atoms with Crippen molar-refractivity contribution in [3.05, 3.63) is 69.5 Å². The summed E-state index contributed by atoms with van der Waals surface area (Å²) in [6.45, 7) is 0.0377. The van der Waals surface area contributed by atoms with E-state index in [0.717, 1.165) is 17.0 Å². The Balaban J connectivity index is 2.00. The van der Waals surface area contributed by atoms with Crippen LogP contribution in [0.1, 0.15) is 31.8 Å². The standard InChI is InChI=1S/C16H8ClFN2O2/c17-11-3-1-9(2-4-11)8-20-15(21)13-6-12(18)5-10(7-19)14(13)16(20)22/h1-6H,8H2. The molecule has 4 nitrogen and oxygen atoms in total. The molecule has 0 radical (unpaired) electrons. The zero-order valence-corrected chi connectivity index (χ0v) is 11.9. The first-order valence-electron chi connectivity index (χ1n) is 6.35. The Bertz CT molecular complexity index is 840. The Kier molecular flexibility index (Phi) is 3.39. The van der Waals surface area contributed by atoms with Crippen molar-refractivity contribution in [3.8, 4) is 6.07 Å². The Morgan fingerprint density at radius 2 is 1.82 bits per heavy atom. The fraction of sp³-hybridized carbons (Fsp3) is 0.0625. The third kappa shape index (κ3) is 2.24. The van der Waals surface area contributed by atoms with Crippen molar-refractivity contribution in [1.82, 2.24) is 4.90 Å². The molecule has 0 fully saturated rings. The molecule has 1 aliphatic heterocycles.